The van der Waals surface area contributed by atoms with Gasteiger partial charge in [0.15, 0.2) is 0 Å². The average molecular weight is 539 g/mol. The predicted molar refractivity (Wildman–Crippen MR) is 146 cm³/mol. The van der Waals surface area contributed by atoms with Crippen LogP contribution in [0.15, 0.2) is 70.4 Å². The number of carbonyl (C=O) groups excluding carboxylic acids is 2. The number of alkyl carbamates (subject to hydrolysis) is 1. The molecule has 0 saturated carbocycles. The molecule has 208 valence electrons. The molecule has 1 atom stereocenters. The van der Waals surface area contributed by atoms with Crippen molar-refractivity contribution >= 4 is 12.0 Å². The van der Waals surface area contributed by atoms with Crippen LogP contribution in [-0.2, 0) is 17.8 Å². The zero-order chi connectivity index (χ0) is 28.6. The summed E-state index contributed by atoms with van der Waals surface area (Å²) in [5.41, 5.74) is -1.76. The third-order valence-electron chi connectivity index (χ3n) is 5.85. The number of rotatable bonds is 10. The number of benzene rings is 2. The van der Waals surface area contributed by atoms with E-state index in [0.717, 1.165) is 21.8 Å². The first-order valence-corrected chi connectivity index (χ1v) is 12.9. The van der Waals surface area contributed by atoms with E-state index in [1.165, 1.54) is 18.2 Å². The lowest BCUT2D eigenvalue weighted by molar-refractivity contribution is 0.0497. The number of aromatic nitrogens is 2. The van der Waals surface area contributed by atoms with Crippen LogP contribution in [0.2, 0.25) is 0 Å². The Morgan fingerprint density at radius 3 is 2.33 bits per heavy atom. The Kier molecular flexibility index (Phi) is 9.81. The summed E-state index contributed by atoms with van der Waals surface area (Å²) in [5, 5.41) is 5.43. The van der Waals surface area contributed by atoms with E-state index in [4.69, 9.17) is 4.74 Å². The Bertz CT molecular complexity index is 1410. The van der Waals surface area contributed by atoms with E-state index in [1.54, 1.807) is 57.2 Å². The van der Waals surface area contributed by atoms with Crippen LogP contribution in [0.25, 0.3) is 0 Å². The average Bonchev–Trinajstić information content (AvgIpc) is 2.88. The lowest BCUT2D eigenvalue weighted by Gasteiger charge is -2.24. The van der Waals surface area contributed by atoms with Crippen LogP contribution in [0, 0.1) is 5.82 Å². The zero-order valence-corrected chi connectivity index (χ0v) is 22.7. The number of ether oxygens (including phenoxy) is 1. The van der Waals surface area contributed by atoms with Gasteiger partial charge in [-0.15, -0.1) is 0 Å². The largest absolute Gasteiger partial charge is 0.444 e. The molecule has 0 radical (unpaired) electrons. The van der Waals surface area contributed by atoms with Crippen molar-refractivity contribution in [1.29, 1.82) is 0 Å². The standard InChI is InChI=1S/C29H35FN4O5/c1-5-6-16-31-25(35)22-18-33(17-21-14-10-11-15-23(21)30)28(38)34(26(22)36)19-24(20-12-8-7-9-13-20)32-27(37)39-29(2,3)4/h7-15,18,24H,5-6,16-17,19H2,1-4H3,(H,31,35)(H,32,37)/t24-/m0/s1. The minimum Gasteiger partial charge on any atom is -0.444 e. The molecular weight excluding hydrogens is 503 g/mol. The molecule has 3 rings (SSSR count). The first-order chi connectivity index (χ1) is 18.5. The maximum absolute atomic E-state index is 14.4. The Labute approximate surface area is 226 Å². The second-order valence-electron chi connectivity index (χ2n) is 10.2. The van der Waals surface area contributed by atoms with Crippen molar-refractivity contribution in [1.82, 2.24) is 19.8 Å². The molecule has 2 N–H and O–H groups in total. The molecule has 0 unspecified atom stereocenters. The van der Waals surface area contributed by atoms with Crippen molar-refractivity contribution in [2.24, 2.45) is 0 Å². The molecule has 1 aromatic heterocycles. The number of carbonyl (C=O) groups is 2. The lowest BCUT2D eigenvalue weighted by Crippen LogP contribution is -2.47. The maximum Gasteiger partial charge on any atom is 0.408 e. The van der Waals surface area contributed by atoms with Crippen LogP contribution in [0.4, 0.5) is 9.18 Å². The van der Waals surface area contributed by atoms with Crippen LogP contribution in [0.3, 0.4) is 0 Å². The fourth-order valence-corrected chi connectivity index (χ4v) is 3.92. The van der Waals surface area contributed by atoms with E-state index in [0.29, 0.717) is 18.5 Å². The third kappa shape index (κ3) is 8.13. The maximum atomic E-state index is 14.4. The summed E-state index contributed by atoms with van der Waals surface area (Å²) < 4.78 is 21.9. The van der Waals surface area contributed by atoms with Crippen molar-refractivity contribution in [2.45, 2.75) is 65.3 Å². The smallest absolute Gasteiger partial charge is 0.408 e. The number of hydrogen-bond donors (Lipinski definition) is 2. The fraction of sp³-hybridized carbons (Fsp3) is 0.379. The minimum atomic E-state index is -0.841. The van der Waals surface area contributed by atoms with Crippen LogP contribution in [-0.4, -0.2) is 33.3 Å². The van der Waals surface area contributed by atoms with Gasteiger partial charge in [-0.1, -0.05) is 61.9 Å². The molecule has 0 spiro atoms. The molecular formula is C29H35FN4O5. The van der Waals surface area contributed by atoms with Gasteiger partial charge >= 0.3 is 11.8 Å². The predicted octanol–water partition coefficient (Wildman–Crippen LogP) is 3.99. The lowest BCUT2D eigenvalue weighted by atomic mass is 10.1. The van der Waals surface area contributed by atoms with Crippen LogP contribution in [0.1, 0.15) is 68.1 Å². The van der Waals surface area contributed by atoms with Gasteiger partial charge in [0.25, 0.3) is 11.5 Å². The highest BCUT2D eigenvalue weighted by molar-refractivity contribution is 5.93. The van der Waals surface area contributed by atoms with Crippen LogP contribution in [0.5, 0.6) is 0 Å². The normalized spacial score (nSPS) is 12.0. The third-order valence-corrected chi connectivity index (χ3v) is 5.85. The number of nitrogens with zero attached hydrogens (tertiary/aromatic N) is 2. The highest BCUT2D eigenvalue weighted by Crippen LogP contribution is 2.16. The van der Waals surface area contributed by atoms with E-state index in [-0.39, 0.29) is 24.2 Å². The highest BCUT2D eigenvalue weighted by Gasteiger charge is 2.24. The fourth-order valence-electron chi connectivity index (χ4n) is 3.92. The molecule has 0 aliphatic rings. The monoisotopic (exact) mass is 538 g/mol. The minimum absolute atomic E-state index is 0.198. The first-order valence-electron chi connectivity index (χ1n) is 12.9. The molecule has 0 bridgehead atoms. The van der Waals surface area contributed by atoms with Gasteiger partial charge in [0.2, 0.25) is 0 Å². The molecule has 0 aliphatic heterocycles. The molecule has 3 aromatic rings. The quantitative estimate of drug-likeness (QED) is 0.379. The van der Waals surface area contributed by atoms with Crippen molar-refractivity contribution in [3.63, 3.8) is 0 Å². The van der Waals surface area contributed by atoms with Gasteiger partial charge in [-0.25, -0.2) is 14.0 Å². The Balaban J connectivity index is 2.09. The van der Waals surface area contributed by atoms with E-state index in [9.17, 15) is 23.6 Å². The van der Waals surface area contributed by atoms with Crippen molar-refractivity contribution < 1.29 is 18.7 Å². The van der Waals surface area contributed by atoms with E-state index in [2.05, 4.69) is 10.6 Å². The second kappa shape index (κ2) is 13.0. The molecule has 0 fully saturated rings. The number of halogens is 1. The number of nitrogens with one attached hydrogen (secondary N) is 2. The molecule has 1 heterocycles. The second-order valence-corrected chi connectivity index (χ2v) is 10.2. The summed E-state index contributed by atoms with van der Waals surface area (Å²) in [6.45, 7) is 7.00. The molecule has 10 heteroatoms. The summed E-state index contributed by atoms with van der Waals surface area (Å²) in [6.07, 6.45) is 1.98. The van der Waals surface area contributed by atoms with Gasteiger partial charge in [0, 0.05) is 18.3 Å². The van der Waals surface area contributed by atoms with Gasteiger partial charge in [-0.05, 0) is 38.8 Å². The summed E-state index contributed by atoms with van der Waals surface area (Å²) >= 11 is 0. The van der Waals surface area contributed by atoms with Crippen molar-refractivity contribution in [3.8, 4) is 0 Å². The van der Waals surface area contributed by atoms with Gasteiger partial charge in [-0.3, -0.25) is 18.7 Å². The number of hydrogen-bond acceptors (Lipinski definition) is 5. The molecule has 2 amide bonds. The van der Waals surface area contributed by atoms with Gasteiger partial charge < -0.3 is 15.4 Å². The number of unbranched alkanes of at least 4 members (excludes halogenated alkanes) is 1. The zero-order valence-electron chi connectivity index (χ0n) is 22.7. The molecule has 39 heavy (non-hydrogen) atoms. The summed E-state index contributed by atoms with van der Waals surface area (Å²) in [5.74, 6) is -1.16. The summed E-state index contributed by atoms with van der Waals surface area (Å²) in [7, 11) is 0. The van der Waals surface area contributed by atoms with E-state index >= 15 is 0 Å². The first kappa shape index (κ1) is 29.3. The van der Waals surface area contributed by atoms with Crippen LogP contribution < -0.4 is 21.9 Å². The van der Waals surface area contributed by atoms with E-state index < -0.39 is 40.7 Å². The Morgan fingerprint density at radius 1 is 1.03 bits per heavy atom. The highest BCUT2D eigenvalue weighted by atomic mass is 19.1. The van der Waals surface area contributed by atoms with Crippen molar-refractivity contribution in [3.05, 3.63) is 104 Å². The van der Waals surface area contributed by atoms with Gasteiger partial charge in [0.05, 0.1) is 19.1 Å². The van der Waals surface area contributed by atoms with E-state index in [1.807, 2.05) is 6.92 Å². The summed E-state index contributed by atoms with van der Waals surface area (Å²) in [6, 6.07) is 13.9. The topological polar surface area (TPSA) is 111 Å². The Hall–Kier alpha value is -4.21. The number of amides is 2. The van der Waals surface area contributed by atoms with Gasteiger partial charge in [-0.2, -0.15) is 0 Å². The molecule has 0 saturated heterocycles. The van der Waals surface area contributed by atoms with Crippen molar-refractivity contribution in [2.75, 3.05) is 6.54 Å². The van der Waals surface area contributed by atoms with Crippen LogP contribution >= 0.6 is 0 Å². The molecule has 9 nitrogen and oxygen atoms in total. The molecule has 0 aliphatic carbocycles. The Morgan fingerprint density at radius 2 is 1.69 bits per heavy atom. The molecule has 2 aromatic carbocycles. The summed E-state index contributed by atoms with van der Waals surface area (Å²) in [4.78, 5) is 52.7. The van der Waals surface area contributed by atoms with Gasteiger partial charge in [0.1, 0.15) is 17.0 Å². The SMILES string of the molecule is CCCCNC(=O)c1cn(Cc2ccccc2F)c(=O)n(C[C@H](NC(=O)OC(C)(C)C)c2ccccc2)c1=O.